The molecule has 34 heavy (non-hydrogen) atoms. The number of ether oxygens (including phenoxy) is 3. The van der Waals surface area contributed by atoms with Crippen molar-refractivity contribution in [2.45, 2.75) is 77.4 Å². The molecule has 0 radical (unpaired) electrons. The summed E-state index contributed by atoms with van der Waals surface area (Å²) in [4.78, 5) is 12.9. The molecule has 0 aliphatic heterocycles. The summed E-state index contributed by atoms with van der Waals surface area (Å²) in [6.07, 6.45) is 6.41. The first-order chi connectivity index (χ1) is 16.5. The SMILES string of the molecule is CC(C)COCOc1ccc2c(c1)[C@@]1(C)CCCCC[C@@H](C2)[C@@H]1NC(=O)OCc1ccccc1. The smallest absolute Gasteiger partial charge is 0.407 e. The Morgan fingerprint density at radius 2 is 1.94 bits per heavy atom. The highest BCUT2D eigenvalue weighted by Crippen LogP contribution is 2.47. The Hall–Kier alpha value is -2.53. The molecule has 1 amide bonds. The van der Waals surface area contributed by atoms with Crippen LogP contribution in [0.2, 0.25) is 0 Å². The second-order valence-electron chi connectivity index (χ2n) is 10.5. The fourth-order valence-electron chi connectivity index (χ4n) is 5.64. The predicted molar refractivity (Wildman–Crippen MR) is 134 cm³/mol. The number of carbonyl (C=O) groups is 1. The van der Waals surface area contributed by atoms with Gasteiger partial charge in [0.1, 0.15) is 12.4 Å². The van der Waals surface area contributed by atoms with Crippen LogP contribution in [0.3, 0.4) is 0 Å². The van der Waals surface area contributed by atoms with Crippen LogP contribution in [0.1, 0.15) is 69.6 Å². The summed E-state index contributed by atoms with van der Waals surface area (Å²) in [6, 6.07) is 16.3. The first kappa shape index (κ1) is 24.6. The van der Waals surface area contributed by atoms with Crippen LogP contribution in [0.4, 0.5) is 4.79 Å². The fraction of sp³-hybridized carbons (Fsp3) is 0.552. The number of amides is 1. The Morgan fingerprint density at radius 1 is 1.12 bits per heavy atom. The molecule has 4 rings (SSSR count). The third-order valence-corrected chi connectivity index (χ3v) is 7.35. The largest absolute Gasteiger partial charge is 0.468 e. The van der Waals surface area contributed by atoms with Gasteiger partial charge in [-0.2, -0.15) is 0 Å². The molecule has 0 unspecified atom stereocenters. The molecule has 2 aromatic rings. The molecule has 3 atom stereocenters. The van der Waals surface area contributed by atoms with Crippen molar-refractivity contribution in [3.63, 3.8) is 0 Å². The lowest BCUT2D eigenvalue weighted by Gasteiger charge is -2.49. The van der Waals surface area contributed by atoms with E-state index in [1.165, 1.54) is 24.0 Å². The molecule has 0 spiro atoms. The van der Waals surface area contributed by atoms with Crippen molar-refractivity contribution in [1.29, 1.82) is 0 Å². The van der Waals surface area contributed by atoms with Gasteiger partial charge in [0.2, 0.25) is 0 Å². The zero-order chi connectivity index (χ0) is 24.0. The van der Waals surface area contributed by atoms with Gasteiger partial charge in [-0.15, -0.1) is 0 Å². The van der Waals surface area contributed by atoms with Gasteiger partial charge in [0.15, 0.2) is 6.79 Å². The lowest BCUT2D eigenvalue weighted by molar-refractivity contribution is 0.00255. The Labute approximate surface area is 204 Å². The molecule has 0 aromatic heterocycles. The monoisotopic (exact) mass is 465 g/mol. The van der Waals surface area contributed by atoms with Crippen LogP contribution in [0.5, 0.6) is 5.75 Å². The molecule has 184 valence electrons. The summed E-state index contributed by atoms with van der Waals surface area (Å²) < 4.78 is 17.2. The minimum Gasteiger partial charge on any atom is -0.468 e. The molecule has 1 saturated carbocycles. The van der Waals surface area contributed by atoms with Gasteiger partial charge in [0, 0.05) is 11.5 Å². The molecule has 5 heteroatoms. The molecule has 2 bridgehead atoms. The summed E-state index contributed by atoms with van der Waals surface area (Å²) in [5, 5.41) is 3.30. The van der Waals surface area contributed by atoms with Crippen molar-refractivity contribution in [2.24, 2.45) is 11.8 Å². The number of hydrogen-bond donors (Lipinski definition) is 1. The van der Waals surface area contributed by atoms with Gasteiger partial charge in [-0.25, -0.2) is 4.79 Å². The van der Waals surface area contributed by atoms with E-state index in [0.29, 0.717) is 18.4 Å². The molecule has 2 aromatic carbocycles. The molecule has 0 heterocycles. The second-order valence-corrected chi connectivity index (χ2v) is 10.5. The number of benzene rings is 2. The Kier molecular flexibility index (Phi) is 8.15. The van der Waals surface area contributed by atoms with E-state index < -0.39 is 0 Å². The summed E-state index contributed by atoms with van der Waals surface area (Å²) >= 11 is 0. The highest BCUT2D eigenvalue weighted by molar-refractivity contribution is 5.68. The van der Waals surface area contributed by atoms with E-state index in [1.54, 1.807) is 0 Å². The maximum Gasteiger partial charge on any atom is 0.407 e. The van der Waals surface area contributed by atoms with E-state index in [2.05, 4.69) is 44.3 Å². The second kappa shape index (κ2) is 11.3. The lowest BCUT2D eigenvalue weighted by Crippen LogP contribution is -2.57. The predicted octanol–water partition coefficient (Wildman–Crippen LogP) is 6.38. The van der Waals surface area contributed by atoms with Crippen LogP contribution in [-0.4, -0.2) is 25.5 Å². The van der Waals surface area contributed by atoms with E-state index in [1.807, 2.05) is 30.3 Å². The lowest BCUT2D eigenvalue weighted by atomic mass is 9.59. The van der Waals surface area contributed by atoms with Gasteiger partial charge in [0.05, 0.1) is 6.61 Å². The first-order valence-electron chi connectivity index (χ1n) is 12.8. The van der Waals surface area contributed by atoms with E-state index >= 15 is 0 Å². The van der Waals surface area contributed by atoms with Gasteiger partial charge >= 0.3 is 6.09 Å². The Balaban J connectivity index is 1.51. The van der Waals surface area contributed by atoms with Crippen LogP contribution in [0.25, 0.3) is 0 Å². The van der Waals surface area contributed by atoms with Crippen molar-refractivity contribution < 1.29 is 19.0 Å². The average molecular weight is 466 g/mol. The number of carbonyl (C=O) groups excluding carboxylic acids is 1. The molecule has 0 saturated heterocycles. The van der Waals surface area contributed by atoms with Gasteiger partial charge in [0.25, 0.3) is 0 Å². The number of alkyl carbamates (subject to hydrolysis) is 1. The summed E-state index contributed by atoms with van der Waals surface area (Å²) in [6.45, 7) is 7.78. The standard InChI is InChI=1S/C29H39NO4/c1-21(2)18-32-20-34-25-14-13-23-16-24-12-8-5-9-15-29(3,26(23)17-25)27(24)30-28(31)33-19-22-10-6-4-7-11-22/h4,6-7,10-11,13-14,17,21,24,27H,5,8-9,12,15-16,18-20H2,1-3H3,(H,30,31)/t24-,27-,29+/m0/s1. The molecular weight excluding hydrogens is 426 g/mol. The maximum absolute atomic E-state index is 12.9. The quantitative estimate of drug-likeness (QED) is 0.363. The normalized spacial score (nSPS) is 24.0. The van der Waals surface area contributed by atoms with Crippen LogP contribution < -0.4 is 10.1 Å². The Bertz CT molecular complexity index is 944. The summed E-state index contributed by atoms with van der Waals surface area (Å²) in [7, 11) is 0. The van der Waals surface area contributed by atoms with Gasteiger partial charge in [-0.3, -0.25) is 0 Å². The first-order valence-corrected chi connectivity index (χ1v) is 12.8. The maximum atomic E-state index is 12.9. The zero-order valence-corrected chi connectivity index (χ0v) is 20.8. The van der Waals surface area contributed by atoms with Crippen molar-refractivity contribution in [1.82, 2.24) is 5.32 Å². The minimum atomic E-state index is -0.330. The molecule has 1 N–H and O–H groups in total. The highest BCUT2D eigenvalue weighted by Gasteiger charge is 2.46. The number of hydrogen-bond acceptors (Lipinski definition) is 4. The van der Waals surface area contributed by atoms with Crippen molar-refractivity contribution in [3.8, 4) is 5.75 Å². The van der Waals surface area contributed by atoms with E-state index in [9.17, 15) is 4.79 Å². The van der Waals surface area contributed by atoms with Gasteiger partial charge in [-0.1, -0.05) is 76.4 Å². The summed E-state index contributed by atoms with van der Waals surface area (Å²) in [5.41, 5.74) is 3.50. The topological polar surface area (TPSA) is 56.8 Å². The zero-order valence-electron chi connectivity index (χ0n) is 20.8. The van der Waals surface area contributed by atoms with Crippen LogP contribution in [0, 0.1) is 11.8 Å². The molecule has 5 nitrogen and oxygen atoms in total. The van der Waals surface area contributed by atoms with E-state index in [-0.39, 0.29) is 30.9 Å². The van der Waals surface area contributed by atoms with Crippen LogP contribution in [-0.2, 0) is 27.9 Å². The Morgan fingerprint density at radius 3 is 2.74 bits per heavy atom. The third kappa shape index (κ3) is 5.93. The fourth-order valence-corrected chi connectivity index (χ4v) is 5.64. The van der Waals surface area contributed by atoms with Crippen LogP contribution >= 0.6 is 0 Å². The van der Waals surface area contributed by atoms with Gasteiger partial charge < -0.3 is 19.5 Å². The minimum absolute atomic E-state index is 0.0380. The molecule has 2 aliphatic rings. The number of nitrogens with one attached hydrogen (secondary N) is 1. The van der Waals surface area contributed by atoms with E-state index in [4.69, 9.17) is 14.2 Å². The molecular formula is C29H39NO4. The molecule has 2 aliphatic carbocycles. The molecule has 1 fully saturated rings. The van der Waals surface area contributed by atoms with Crippen molar-refractivity contribution in [3.05, 3.63) is 65.2 Å². The number of rotatable bonds is 8. The third-order valence-electron chi connectivity index (χ3n) is 7.35. The van der Waals surface area contributed by atoms with E-state index in [0.717, 1.165) is 37.0 Å². The average Bonchev–Trinajstić information content (AvgIpc) is 2.83. The summed E-state index contributed by atoms with van der Waals surface area (Å²) in [5.74, 6) is 1.71. The van der Waals surface area contributed by atoms with Crippen molar-refractivity contribution >= 4 is 6.09 Å². The van der Waals surface area contributed by atoms with Crippen molar-refractivity contribution in [2.75, 3.05) is 13.4 Å². The van der Waals surface area contributed by atoms with Gasteiger partial charge in [-0.05, 0) is 59.9 Å². The number of fused-ring (bicyclic) bond motifs is 4. The highest BCUT2D eigenvalue weighted by atomic mass is 16.7. The van der Waals surface area contributed by atoms with Crippen LogP contribution in [0.15, 0.2) is 48.5 Å².